The number of carbonyl (C=O) groups is 1. The fraction of sp³-hybridized carbons (Fsp3) is 0.167. The quantitative estimate of drug-likeness (QED) is 0.679. The average Bonchev–Trinajstić information content (AvgIpc) is 2.37. The third-order valence-electron chi connectivity index (χ3n) is 2.50. The van der Waals surface area contributed by atoms with Crippen molar-refractivity contribution in [1.82, 2.24) is 15.0 Å². The number of nitrogens with zero attached hydrogens (tertiary/aromatic N) is 3. The van der Waals surface area contributed by atoms with E-state index >= 15 is 0 Å². The molecule has 1 heterocycles. The summed E-state index contributed by atoms with van der Waals surface area (Å²) in [4.78, 5) is 20.7. The summed E-state index contributed by atoms with van der Waals surface area (Å²) in [5.41, 5.74) is -1.57. The smallest absolute Gasteiger partial charge is 0.418 e. The average molecular weight is 329 g/mol. The Morgan fingerprint density at radius 3 is 2.26 bits per heavy atom. The minimum atomic E-state index is -4.73. The predicted molar refractivity (Wildman–Crippen MR) is 72.2 cm³/mol. The van der Waals surface area contributed by atoms with Gasteiger partial charge >= 0.3 is 18.2 Å². The number of aromatic hydroxyl groups is 2. The molecule has 2 rings (SSSR count). The van der Waals surface area contributed by atoms with Crippen molar-refractivity contribution in [2.75, 3.05) is 10.6 Å². The maximum atomic E-state index is 13.1. The SMILES string of the molecule is CC(=O)Nc1ccc(Nc2nc(O)nc(O)n2)c(C(F)(F)F)c1. The maximum absolute atomic E-state index is 13.1. The number of halogens is 3. The molecule has 4 N–H and O–H groups in total. The molecule has 0 unspecified atom stereocenters. The first-order chi connectivity index (χ1) is 10.6. The molecule has 0 aliphatic heterocycles. The van der Waals surface area contributed by atoms with E-state index in [4.69, 9.17) is 10.2 Å². The molecule has 0 aliphatic carbocycles. The van der Waals surface area contributed by atoms with Gasteiger partial charge in [0.2, 0.25) is 11.9 Å². The number of alkyl halides is 3. The third kappa shape index (κ3) is 4.18. The van der Waals surface area contributed by atoms with E-state index < -0.39 is 41.3 Å². The van der Waals surface area contributed by atoms with Crippen LogP contribution in [0, 0.1) is 0 Å². The Morgan fingerprint density at radius 1 is 1.13 bits per heavy atom. The third-order valence-corrected chi connectivity index (χ3v) is 2.50. The Hall–Kier alpha value is -3.11. The summed E-state index contributed by atoms with van der Waals surface area (Å²) in [5.74, 6) is -1.00. The molecule has 0 fully saturated rings. The topological polar surface area (TPSA) is 120 Å². The zero-order chi connectivity index (χ0) is 17.2. The van der Waals surface area contributed by atoms with E-state index in [2.05, 4.69) is 25.6 Å². The van der Waals surface area contributed by atoms with E-state index in [1.54, 1.807) is 0 Å². The molecular weight excluding hydrogens is 319 g/mol. The fourth-order valence-electron chi connectivity index (χ4n) is 1.70. The van der Waals surface area contributed by atoms with Gasteiger partial charge in [-0.15, -0.1) is 4.98 Å². The molecule has 0 atom stereocenters. The summed E-state index contributed by atoms with van der Waals surface area (Å²) < 4.78 is 39.4. The van der Waals surface area contributed by atoms with E-state index in [0.29, 0.717) is 0 Å². The monoisotopic (exact) mass is 329 g/mol. The molecule has 1 aromatic heterocycles. The highest BCUT2D eigenvalue weighted by atomic mass is 19.4. The molecule has 11 heteroatoms. The van der Waals surface area contributed by atoms with Gasteiger partial charge in [0.05, 0.1) is 11.3 Å². The van der Waals surface area contributed by atoms with Gasteiger partial charge in [0.1, 0.15) is 0 Å². The van der Waals surface area contributed by atoms with Crippen molar-refractivity contribution >= 4 is 23.2 Å². The molecule has 122 valence electrons. The molecule has 0 spiro atoms. The van der Waals surface area contributed by atoms with Crippen LogP contribution in [0.1, 0.15) is 12.5 Å². The highest BCUT2D eigenvalue weighted by molar-refractivity contribution is 5.89. The zero-order valence-electron chi connectivity index (χ0n) is 11.5. The maximum Gasteiger partial charge on any atom is 0.418 e. The summed E-state index contributed by atoms with van der Waals surface area (Å²) in [6.45, 7) is 1.16. The van der Waals surface area contributed by atoms with Crippen molar-refractivity contribution in [3.05, 3.63) is 23.8 Å². The van der Waals surface area contributed by atoms with E-state index in [1.165, 1.54) is 6.07 Å². The zero-order valence-corrected chi connectivity index (χ0v) is 11.5. The normalized spacial score (nSPS) is 11.1. The first kappa shape index (κ1) is 16.3. The number of carbonyl (C=O) groups excluding carboxylic acids is 1. The van der Waals surface area contributed by atoms with E-state index in [0.717, 1.165) is 19.1 Å². The lowest BCUT2D eigenvalue weighted by molar-refractivity contribution is -0.137. The standard InChI is InChI=1S/C12H10F3N5O3/c1-5(21)16-6-2-3-8(7(4-6)12(13,14)15)17-9-18-10(22)20-11(23)19-9/h2-4H,1H3,(H,16,21)(H3,17,18,19,20,22,23). The first-order valence-electron chi connectivity index (χ1n) is 6.05. The van der Waals surface area contributed by atoms with E-state index in [9.17, 15) is 18.0 Å². The molecule has 0 saturated heterocycles. The Bertz CT molecular complexity index is 731. The minimum absolute atomic E-state index is 0.0447. The molecule has 0 bridgehead atoms. The van der Waals surface area contributed by atoms with Gasteiger partial charge in [-0.2, -0.15) is 23.1 Å². The summed E-state index contributed by atoms with van der Waals surface area (Å²) in [6, 6.07) is 1.29. The lowest BCUT2D eigenvalue weighted by Gasteiger charge is -2.15. The predicted octanol–water partition coefficient (Wildman–Crippen LogP) is 2.00. The van der Waals surface area contributed by atoms with Crippen LogP contribution in [0.25, 0.3) is 0 Å². The molecule has 2 aromatic rings. The number of anilines is 3. The largest absolute Gasteiger partial charge is 0.479 e. The van der Waals surface area contributed by atoms with Crippen molar-refractivity contribution in [2.24, 2.45) is 0 Å². The second-order valence-corrected chi connectivity index (χ2v) is 4.32. The molecule has 23 heavy (non-hydrogen) atoms. The van der Waals surface area contributed by atoms with Gasteiger partial charge in [-0.05, 0) is 18.2 Å². The second kappa shape index (κ2) is 5.94. The number of hydrogen-bond acceptors (Lipinski definition) is 7. The van der Waals surface area contributed by atoms with Crippen LogP contribution in [0.2, 0.25) is 0 Å². The van der Waals surface area contributed by atoms with Gasteiger partial charge in [-0.1, -0.05) is 0 Å². The molecule has 0 radical (unpaired) electrons. The van der Waals surface area contributed by atoms with Gasteiger partial charge in [0.25, 0.3) is 0 Å². The molecular formula is C12H10F3N5O3. The Labute approximate surface area is 127 Å². The van der Waals surface area contributed by atoms with Crippen molar-refractivity contribution in [2.45, 2.75) is 13.1 Å². The van der Waals surface area contributed by atoms with Crippen LogP contribution >= 0.6 is 0 Å². The first-order valence-corrected chi connectivity index (χ1v) is 6.05. The summed E-state index contributed by atoms with van der Waals surface area (Å²) in [5, 5.41) is 22.7. The second-order valence-electron chi connectivity index (χ2n) is 4.32. The lowest BCUT2D eigenvalue weighted by atomic mass is 10.1. The lowest BCUT2D eigenvalue weighted by Crippen LogP contribution is -2.12. The number of aromatic nitrogens is 3. The van der Waals surface area contributed by atoms with Crippen LogP contribution in [-0.4, -0.2) is 31.1 Å². The van der Waals surface area contributed by atoms with Crippen molar-refractivity contribution in [3.63, 3.8) is 0 Å². The Kier molecular flexibility index (Phi) is 4.20. The minimum Gasteiger partial charge on any atom is -0.479 e. The number of benzene rings is 1. The van der Waals surface area contributed by atoms with Crippen LogP contribution in [-0.2, 0) is 11.0 Å². The number of amides is 1. The van der Waals surface area contributed by atoms with Crippen LogP contribution in [0.4, 0.5) is 30.5 Å². The van der Waals surface area contributed by atoms with E-state index in [1.807, 2.05) is 0 Å². The number of nitrogens with one attached hydrogen (secondary N) is 2. The van der Waals surface area contributed by atoms with Gasteiger partial charge in [-0.25, -0.2) is 0 Å². The summed E-state index contributed by atoms with van der Waals surface area (Å²) >= 11 is 0. The molecule has 1 amide bonds. The van der Waals surface area contributed by atoms with E-state index in [-0.39, 0.29) is 5.69 Å². The van der Waals surface area contributed by atoms with Crippen LogP contribution in [0.5, 0.6) is 12.0 Å². The van der Waals surface area contributed by atoms with Crippen molar-refractivity contribution in [3.8, 4) is 12.0 Å². The van der Waals surface area contributed by atoms with Gasteiger partial charge in [0.15, 0.2) is 0 Å². The number of rotatable bonds is 3. The van der Waals surface area contributed by atoms with Crippen molar-refractivity contribution < 1.29 is 28.2 Å². The molecule has 0 aliphatic rings. The summed E-state index contributed by atoms with van der Waals surface area (Å²) in [7, 11) is 0. The Morgan fingerprint density at radius 2 is 1.74 bits per heavy atom. The Balaban J connectivity index is 2.42. The highest BCUT2D eigenvalue weighted by Gasteiger charge is 2.34. The van der Waals surface area contributed by atoms with Gasteiger partial charge < -0.3 is 20.8 Å². The highest BCUT2D eigenvalue weighted by Crippen LogP contribution is 2.37. The molecule has 8 nitrogen and oxygen atoms in total. The van der Waals surface area contributed by atoms with Crippen LogP contribution in [0.15, 0.2) is 18.2 Å². The van der Waals surface area contributed by atoms with Crippen LogP contribution in [0.3, 0.4) is 0 Å². The number of hydrogen-bond donors (Lipinski definition) is 4. The van der Waals surface area contributed by atoms with Crippen LogP contribution < -0.4 is 10.6 Å². The van der Waals surface area contributed by atoms with Gasteiger partial charge in [-0.3, -0.25) is 4.79 Å². The summed E-state index contributed by atoms with van der Waals surface area (Å²) in [6.07, 6.45) is -4.73. The molecule has 0 saturated carbocycles. The molecule has 1 aromatic carbocycles. The fourth-order valence-corrected chi connectivity index (χ4v) is 1.70. The van der Waals surface area contributed by atoms with Gasteiger partial charge in [0, 0.05) is 12.6 Å². The van der Waals surface area contributed by atoms with Crippen molar-refractivity contribution in [1.29, 1.82) is 0 Å².